The summed E-state index contributed by atoms with van der Waals surface area (Å²) in [5.41, 5.74) is -0.247. The molecule has 0 spiro atoms. The summed E-state index contributed by atoms with van der Waals surface area (Å²) < 4.78 is 18.3. The van der Waals surface area contributed by atoms with Crippen LogP contribution in [0.3, 0.4) is 0 Å². The molecule has 0 radical (unpaired) electrons. The second kappa shape index (κ2) is 7.16. The summed E-state index contributed by atoms with van der Waals surface area (Å²) >= 11 is 0. The summed E-state index contributed by atoms with van der Waals surface area (Å²) in [4.78, 5) is 2.37. The molecule has 0 aromatic carbocycles. The molecule has 1 heterocycles. The molecule has 4 nitrogen and oxygen atoms in total. The first-order chi connectivity index (χ1) is 10.1. The fourth-order valence-corrected chi connectivity index (χ4v) is 3.16. The minimum Gasteiger partial charge on any atom is -0.375 e. The molecule has 2 fully saturated rings. The molecule has 4 heteroatoms. The van der Waals surface area contributed by atoms with Crippen molar-refractivity contribution in [1.29, 1.82) is 0 Å². The quantitative estimate of drug-likeness (QED) is 0.753. The van der Waals surface area contributed by atoms with E-state index in [4.69, 9.17) is 14.2 Å². The first kappa shape index (κ1) is 18.2. The third-order valence-electron chi connectivity index (χ3n) is 4.39. The van der Waals surface area contributed by atoms with Crippen molar-refractivity contribution in [2.24, 2.45) is 0 Å². The summed E-state index contributed by atoms with van der Waals surface area (Å²) in [5, 5.41) is 0. The Hall–Kier alpha value is -0.160. The third-order valence-corrected chi connectivity index (χ3v) is 4.39. The second-order valence-electron chi connectivity index (χ2n) is 8.64. The van der Waals surface area contributed by atoms with E-state index in [9.17, 15) is 0 Å². The van der Waals surface area contributed by atoms with Crippen molar-refractivity contribution in [3.8, 4) is 0 Å². The van der Waals surface area contributed by atoms with Crippen LogP contribution >= 0.6 is 0 Å². The lowest BCUT2D eigenvalue weighted by molar-refractivity contribution is -0.180. The smallest absolute Gasteiger partial charge is 0.0862 e. The van der Waals surface area contributed by atoms with Crippen molar-refractivity contribution in [2.75, 3.05) is 26.7 Å². The maximum atomic E-state index is 6.27. The molecule has 130 valence electrons. The van der Waals surface area contributed by atoms with Gasteiger partial charge in [0.1, 0.15) is 0 Å². The molecule has 0 unspecified atom stereocenters. The van der Waals surface area contributed by atoms with E-state index in [0.29, 0.717) is 24.9 Å². The maximum absolute atomic E-state index is 6.27. The number of hydrogen-bond donors (Lipinski definition) is 0. The number of likely N-dealkylation sites (tertiary alicyclic amines) is 1. The zero-order valence-electron chi connectivity index (χ0n) is 15.4. The predicted octanol–water partition coefficient (Wildman–Crippen LogP) is 3.24. The standard InChI is InChI=1S/C18H35NO3/c1-17(2,3)21-16-11-15(12-16)20-13-18(4,5)22-14-7-9-19(6)10-8-14/h14-16H,7-13H2,1-6H3. The monoisotopic (exact) mass is 313 g/mol. The topological polar surface area (TPSA) is 30.9 Å². The van der Waals surface area contributed by atoms with Crippen molar-refractivity contribution < 1.29 is 14.2 Å². The van der Waals surface area contributed by atoms with Crippen LogP contribution in [0.2, 0.25) is 0 Å². The molecular weight excluding hydrogens is 278 g/mol. The lowest BCUT2D eigenvalue weighted by Gasteiger charge is -2.41. The lowest BCUT2D eigenvalue weighted by Crippen LogP contribution is -2.45. The molecule has 0 N–H and O–H groups in total. The van der Waals surface area contributed by atoms with E-state index in [1.54, 1.807) is 0 Å². The van der Waals surface area contributed by atoms with Gasteiger partial charge < -0.3 is 19.1 Å². The number of ether oxygens (including phenoxy) is 3. The molecule has 1 saturated heterocycles. The Morgan fingerprint density at radius 1 is 0.864 bits per heavy atom. The first-order valence-electron chi connectivity index (χ1n) is 8.79. The van der Waals surface area contributed by atoms with Crippen LogP contribution in [0.5, 0.6) is 0 Å². The zero-order valence-corrected chi connectivity index (χ0v) is 15.4. The highest BCUT2D eigenvalue weighted by molar-refractivity contribution is 4.84. The van der Waals surface area contributed by atoms with Gasteiger partial charge in [-0.05, 0) is 67.3 Å². The fraction of sp³-hybridized carbons (Fsp3) is 1.00. The van der Waals surface area contributed by atoms with Gasteiger partial charge in [-0.2, -0.15) is 0 Å². The molecule has 1 saturated carbocycles. The Labute approximate surface area is 136 Å². The SMILES string of the molecule is CN1CCC(OC(C)(C)COC2CC(OC(C)(C)C)C2)CC1. The van der Waals surface area contributed by atoms with Gasteiger partial charge in [0, 0.05) is 13.1 Å². The van der Waals surface area contributed by atoms with Crippen LogP contribution < -0.4 is 0 Å². The van der Waals surface area contributed by atoms with Crippen LogP contribution in [0, 0.1) is 0 Å². The minimum atomic E-state index is -0.198. The zero-order chi connectivity index (χ0) is 16.4. The first-order valence-corrected chi connectivity index (χ1v) is 8.79. The summed E-state index contributed by atoms with van der Waals surface area (Å²) in [6.45, 7) is 13.6. The van der Waals surface area contributed by atoms with E-state index in [2.05, 4.69) is 46.6 Å². The number of nitrogens with zero attached hydrogens (tertiary/aromatic N) is 1. The highest BCUT2D eigenvalue weighted by Gasteiger charge is 2.35. The molecule has 22 heavy (non-hydrogen) atoms. The van der Waals surface area contributed by atoms with Gasteiger partial charge in [-0.25, -0.2) is 0 Å². The minimum absolute atomic E-state index is 0.0494. The van der Waals surface area contributed by atoms with Gasteiger partial charge >= 0.3 is 0 Å². The Bertz CT molecular complexity index is 337. The largest absolute Gasteiger partial charge is 0.375 e. The second-order valence-corrected chi connectivity index (χ2v) is 8.64. The molecule has 0 aromatic heterocycles. The van der Waals surface area contributed by atoms with Gasteiger partial charge in [-0.3, -0.25) is 0 Å². The molecule has 0 aromatic rings. The van der Waals surface area contributed by atoms with Crippen molar-refractivity contribution >= 4 is 0 Å². The summed E-state index contributed by atoms with van der Waals surface area (Å²) in [6.07, 6.45) is 5.38. The van der Waals surface area contributed by atoms with Gasteiger partial charge in [-0.15, -0.1) is 0 Å². The molecular formula is C18H35NO3. The van der Waals surface area contributed by atoms with E-state index in [-0.39, 0.29) is 11.2 Å². The molecule has 2 aliphatic rings. The van der Waals surface area contributed by atoms with Crippen LogP contribution in [0.4, 0.5) is 0 Å². The maximum Gasteiger partial charge on any atom is 0.0862 e. The molecule has 1 aliphatic carbocycles. The van der Waals surface area contributed by atoms with Gasteiger partial charge in [-0.1, -0.05) is 0 Å². The normalized spacial score (nSPS) is 28.6. The van der Waals surface area contributed by atoms with E-state index >= 15 is 0 Å². The third kappa shape index (κ3) is 6.15. The number of rotatable bonds is 6. The summed E-state index contributed by atoms with van der Waals surface area (Å²) in [6, 6.07) is 0. The van der Waals surface area contributed by atoms with Crippen LogP contribution in [0.1, 0.15) is 60.3 Å². The number of piperidine rings is 1. The van der Waals surface area contributed by atoms with Crippen LogP contribution in [0.15, 0.2) is 0 Å². The Kier molecular flexibility index (Phi) is 5.92. The van der Waals surface area contributed by atoms with E-state index < -0.39 is 0 Å². The van der Waals surface area contributed by atoms with Crippen LogP contribution in [-0.4, -0.2) is 61.2 Å². The van der Waals surface area contributed by atoms with E-state index in [1.165, 1.54) is 0 Å². The molecule has 2 rings (SSSR count). The van der Waals surface area contributed by atoms with E-state index in [0.717, 1.165) is 38.8 Å². The molecule has 0 bridgehead atoms. The lowest BCUT2D eigenvalue weighted by atomic mass is 9.91. The van der Waals surface area contributed by atoms with Crippen molar-refractivity contribution in [2.45, 2.75) is 89.8 Å². The number of hydrogen-bond acceptors (Lipinski definition) is 4. The molecule has 0 atom stereocenters. The average Bonchev–Trinajstić information content (AvgIpc) is 2.33. The Morgan fingerprint density at radius 2 is 1.45 bits per heavy atom. The van der Waals surface area contributed by atoms with Gasteiger partial charge in [0.05, 0.1) is 36.1 Å². The highest BCUT2D eigenvalue weighted by atomic mass is 16.6. The van der Waals surface area contributed by atoms with Crippen molar-refractivity contribution in [1.82, 2.24) is 4.90 Å². The van der Waals surface area contributed by atoms with Gasteiger partial charge in [0.2, 0.25) is 0 Å². The Balaban J connectivity index is 1.62. The van der Waals surface area contributed by atoms with Crippen LogP contribution in [-0.2, 0) is 14.2 Å². The highest BCUT2D eigenvalue weighted by Crippen LogP contribution is 2.31. The van der Waals surface area contributed by atoms with Gasteiger partial charge in [0.15, 0.2) is 0 Å². The van der Waals surface area contributed by atoms with E-state index in [1.807, 2.05) is 0 Å². The Morgan fingerprint density at radius 3 is 2.00 bits per heavy atom. The fourth-order valence-electron chi connectivity index (χ4n) is 3.16. The summed E-state index contributed by atoms with van der Waals surface area (Å²) in [5.74, 6) is 0. The predicted molar refractivity (Wildman–Crippen MR) is 89.3 cm³/mol. The average molecular weight is 313 g/mol. The van der Waals surface area contributed by atoms with Crippen LogP contribution in [0.25, 0.3) is 0 Å². The summed E-state index contributed by atoms with van der Waals surface area (Å²) in [7, 11) is 2.18. The molecule has 1 aliphatic heterocycles. The van der Waals surface area contributed by atoms with Gasteiger partial charge in [0.25, 0.3) is 0 Å². The molecule has 0 amide bonds. The van der Waals surface area contributed by atoms with Crippen molar-refractivity contribution in [3.05, 3.63) is 0 Å². The van der Waals surface area contributed by atoms with Crippen molar-refractivity contribution in [3.63, 3.8) is 0 Å².